The first kappa shape index (κ1) is 27.0. The van der Waals surface area contributed by atoms with E-state index in [-0.39, 0.29) is 5.92 Å². The molecule has 0 aliphatic heterocycles. The zero-order valence-corrected chi connectivity index (χ0v) is 21.3. The molecule has 0 saturated heterocycles. The van der Waals surface area contributed by atoms with E-state index in [1.165, 1.54) is 89.9 Å². The van der Waals surface area contributed by atoms with Crippen LogP contribution >= 0.6 is 0 Å². The fraction of sp³-hybridized carbons (Fsp3) is 1.00. The van der Waals surface area contributed by atoms with E-state index in [9.17, 15) is 0 Å². The second-order valence-electron chi connectivity index (χ2n) is 10.7. The Labute approximate surface area is 184 Å². The van der Waals surface area contributed by atoms with Crippen LogP contribution in [0.2, 0.25) is 0 Å². The molecule has 0 radical (unpaired) electrons. The van der Waals surface area contributed by atoms with E-state index >= 15 is 4.39 Å². The van der Waals surface area contributed by atoms with Gasteiger partial charge in [-0.2, -0.15) is 0 Å². The topological polar surface area (TPSA) is 0 Å². The van der Waals surface area contributed by atoms with Crippen LogP contribution in [-0.4, -0.2) is 5.67 Å². The second kappa shape index (κ2) is 12.7. The molecule has 2 rings (SSSR count). The van der Waals surface area contributed by atoms with Gasteiger partial charge in [0.15, 0.2) is 0 Å². The first-order chi connectivity index (χ1) is 13.9. The molecule has 3 atom stereocenters. The predicted octanol–water partition coefficient (Wildman–Crippen LogP) is 10.3. The standard InChI is InChI=1S/C26H49F.C2H6/c1-6-10-15-25(14-7-2)16-11-17-26(21-20-25)18-12-22(13-19-26)23(8-3)24(5,27)9-4;1-2/h22-23H,6-21H2,1-5H3;1-2H3. The summed E-state index contributed by atoms with van der Waals surface area (Å²) >= 11 is 0. The normalized spacial score (nSPS) is 33.3. The number of halogens is 1. The Hall–Kier alpha value is -0.0700. The van der Waals surface area contributed by atoms with Crippen molar-refractivity contribution < 1.29 is 4.39 Å². The third-order valence-electron chi connectivity index (χ3n) is 9.01. The van der Waals surface area contributed by atoms with E-state index < -0.39 is 5.67 Å². The van der Waals surface area contributed by atoms with Crippen LogP contribution in [0.4, 0.5) is 4.39 Å². The molecule has 174 valence electrons. The van der Waals surface area contributed by atoms with Crippen LogP contribution in [-0.2, 0) is 0 Å². The molecule has 0 nitrogen and oxygen atoms in total. The Kier molecular flexibility index (Phi) is 11.8. The van der Waals surface area contributed by atoms with Crippen molar-refractivity contribution in [2.45, 2.75) is 157 Å². The lowest BCUT2D eigenvalue weighted by atomic mass is 9.61. The molecule has 1 spiro atoms. The van der Waals surface area contributed by atoms with Crippen LogP contribution < -0.4 is 0 Å². The highest BCUT2D eigenvalue weighted by Gasteiger charge is 2.44. The highest BCUT2D eigenvalue weighted by molar-refractivity contribution is 4.95. The number of alkyl halides is 1. The van der Waals surface area contributed by atoms with Crippen molar-refractivity contribution in [1.29, 1.82) is 0 Å². The Balaban J connectivity index is 0.00000204. The largest absolute Gasteiger partial charge is 0.244 e. The summed E-state index contributed by atoms with van der Waals surface area (Å²) in [6.07, 6.45) is 21.3. The van der Waals surface area contributed by atoms with Crippen molar-refractivity contribution in [3.8, 4) is 0 Å². The third kappa shape index (κ3) is 7.24. The Morgan fingerprint density at radius 3 is 2.03 bits per heavy atom. The second-order valence-corrected chi connectivity index (χ2v) is 10.7. The van der Waals surface area contributed by atoms with Crippen molar-refractivity contribution >= 4 is 0 Å². The van der Waals surface area contributed by atoms with Gasteiger partial charge in [-0.15, -0.1) is 0 Å². The molecule has 2 fully saturated rings. The molecule has 0 aromatic heterocycles. The minimum Gasteiger partial charge on any atom is -0.244 e. The molecule has 2 aliphatic rings. The molecule has 0 amide bonds. The monoisotopic (exact) mass is 410 g/mol. The lowest BCUT2D eigenvalue weighted by molar-refractivity contribution is 0.0122. The summed E-state index contributed by atoms with van der Waals surface area (Å²) in [6, 6.07) is 0. The third-order valence-corrected chi connectivity index (χ3v) is 9.01. The Morgan fingerprint density at radius 1 is 0.862 bits per heavy atom. The van der Waals surface area contributed by atoms with Crippen molar-refractivity contribution in [2.75, 3.05) is 0 Å². The molecule has 1 heteroatoms. The van der Waals surface area contributed by atoms with Gasteiger partial charge >= 0.3 is 0 Å². The van der Waals surface area contributed by atoms with E-state index in [1.807, 2.05) is 27.7 Å². The van der Waals surface area contributed by atoms with Crippen LogP contribution in [0.1, 0.15) is 151 Å². The van der Waals surface area contributed by atoms with Crippen molar-refractivity contribution in [3.05, 3.63) is 0 Å². The summed E-state index contributed by atoms with van der Waals surface area (Å²) in [6.45, 7) is 14.8. The van der Waals surface area contributed by atoms with Gasteiger partial charge in [0.05, 0.1) is 0 Å². The van der Waals surface area contributed by atoms with Crippen molar-refractivity contribution in [3.63, 3.8) is 0 Å². The summed E-state index contributed by atoms with van der Waals surface area (Å²) in [5, 5.41) is 0. The van der Waals surface area contributed by atoms with Gasteiger partial charge in [0.25, 0.3) is 0 Å². The highest BCUT2D eigenvalue weighted by atomic mass is 19.1. The summed E-state index contributed by atoms with van der Waals surface area (Å²) in [5.41, 5.74) is 0.288. The maximum Gasteiger partial charge on any atom is 0.111 e. The maximum atomic E-state index is 15.1. The molecule has 2 aliphatic carbocycles. The van der Waals surface area contributed by atoms with Gasteiger partial charge in [0.1, 0.15) is 5.67 Å². The van der Waals surface area contributed by atoms with Crippen molar-refractivity contribution in [1.82, 2.24) is 0 Å². The summed E-state index contributed by atoms with van der Waals surface area (Å²) < 4.78 is 15.1. The number of hydrogen-bond acceptors (Lipinski definition) is 0. The van der Waals surface area contributed by atoms with Crippen LogP contribution in [0.15, 0.2) is 0 Å². The average Bonchev–Trinajstić information content (AvgIpc) is 2.90. The average molecular weight is 411 g/mol. The zero-order chi connectivity index (χ0) is 22.0. The van der Waals surface area contributed by atoms with E-state index in [2.05, 4.69) is 20.8 Å². The molecular weight excluding hydrogens is 355 g/mol. The van der Waals surface area contributed by atoms with Crippen LogP contribution in [0.3, 0.4) is 0 Å². The highest BCUT2D eigenvalue weighted by Crippen LogP contribution is 2.55. The van der Waals surface area contributed by atoms with Crippen LogP contribution in [0.5, 0.6) is 0 Å². The number of rotatable bonds is 9. The van der Waals surface area contributed by atoms with E-state index in [0.717, 1.165) is 6.42 Å². The van der Waals surface area contributed by atoms with E-state index in [0.29, 0.717) is 23.2 Å². The molecular formula is C28H55F. The van der Waals surface area contributed by atoms with Gasteiger partial charge in [-0.25, -0.2) is 4.39 Å². The number of unbranched alkanes of at least 4 members (excludes halogenated alkanes) is 1. The summed E-state index contributed by atoms with van der Waals surface area (Å²) in [4.78, 5) is 0. The lowest BCUT2D eigenvalue weighted by Gasteiger charge is -2.45. The Morgan fingerprint density at radius 2 is 1.52 bits per heavy atom. The minimum atomic E-state index is -0.968. The van der Waals surface area contributed by atoms with Gasteiger partial charge < -0.3 is 0 Å². The number of hydrogen-bond donors (Lipinski definition) is 0. The van der Waals surface area contributed by atoms with Crippen molar-refractivity contribution in [2.24, 2.45) is 22.7 Å². The van der Waals surface area contributed by atoms with Gasteiger partial charge in [-0.1, -0.05) is 73.6 Å². The fourth-order valence-electron chi connectivity index (χ4n) is 6.99. The smallest absolute Gasteiger partial charge is 0.111 e. The molecule has 0 heterocycles. The molecule has 0 aromatic carbocycles. The molecule has 2 saturated carbocycles. The molecule has 3 unspecified atom stereocenters. The van der Waals surface area contributed by atoms with Gasteiger partial charge in [-0.05, 0) is 100 Å². The molecule has 0 bridgehead atoms. The zero-order valence-electron chi connectivity index (χ0n) is 21.3. The molecule has 0 aromatic rings. The van der Waals surface area contributed by atoms with E-state index in [4.69, 9.17) is 0 Å². The summed E-state index contributed by atoms with van der Waals surface area (Å²) in [7, 11) is 0. The maximum absolute atomic E-state index is 15.1. The minimum absolute atomic E-state index is 0.273. The summed E-state index contributed by atoms with van der Waals surface area (Å²) in [5.74, 6) is 0.897. The quantitative estimate of drug-likeness (QED) is 0.354. The lowest BCUT2D eigenvalue weighted by Crippen LogP contribution is -2.38. The first-order valence-corrected chi connectivity index (χ1v) is 13.5. The van der Waals surface area contributed by atoms with Gasteiger partial charge in [0.2, 0.25) is 0 Å². The van der Waals surface area contributed by atoms with Gasteiger partial charge in [-0.3, -0.25) is 0 Å². The van der Waals surface area contributed by atoms with Crippen LogP contribution in [0, 0.1) is 22.7 Å². The SMILES string of the molecule is CC.CCCCC1(CCC)CCCC2(CCC(C(CC)C(C)(F)CC)CC2)CC1. The van der Waals surface area contributed by atoms with Crippen LogP contribution in [0.25, 0.3) is 0 Å². The molecule has 29 heavy (non-hydrogen) atoms. The molecule has 0 N–H and O–H groups in total. The Bertz CT molecular complexity index is 418. The van der Waals surface area contributed by atoms with Gasteiger partial charge in [0, 0.05) is 0 Å². The first-order valence-electron chi connectivity index (χ1n) is 13.5. The fourth-order valence-corrected chi connectivity index (χ4v) is 6.99. The van der Waals surface area contributed by atoms with E-state index in [1.54, 1.807) is 0 Å². The predicted molar refractivity (Wildman–Crippen MR) is 129 cm³/mol.